The SMILES string of the molecule is FC(F)(Cl)[C@](F)(Cl)C[C@H]1CO1. The van der Waals surface area contributed by atoms with Gasteiger partial charge < -0.3 is 4.74 Å². The molecule has 0 amide bonds. The van der Waals surface area contributed by atoms with E-state index in [-0.39, 0.29) is 6.61 Å². The fourth-order valence-corrected chi connectivity index (χ4v) is 0.837. The molecular weight excluding hydrogens is 204 g/mol. The van der Waals surface area contributed by atoms with Crippen LogP contribution in [0.5, 0.6) is 0 Å². The van der Waals surface area contributed by atoms with E-state index in [9.17, 15) is 13.2 Å². The molecule has 1 saturated heterocycles. The summed E-state index contributed by atoms with van der Waals surface area (Å²) in [5.74, 6) is 0. The van der Waals surface area contributed by atoms with Crippen LogP contribution in [-0.2, 0) is 4.74 Å². The quantitative estimate of drug-likeness (QED) is 0.513. The molecule has 0 unspecified atom stereocenters. The predicted octanol–water partition coefficient (Wildman–Crippen LogP) is 2.51. The molecule has 11 heavy (non-hydrogen) atoms. The van der Waals surface area contributed by atoms with E-state index < -0.39 is 23.0 Å². The minimum atomic E-state index is -4.04. The molecule has 66 valence electrons. The molecule has 6 heteroatoms. The molecule has 0 aromatic rings. The summed E-state index contributed by atoms with van der Waals surface area (Å²) in [6.07, 6.45) is -1.09. The van der Waals surface area contributed by atoms with Gasteiger partial charge in [-0.25, -0.2) is 4.39 Å². The Labute approximate surface area is 71.4 Å². The second kappa shape index (κ2) is 2.68. The van der Waals surface area contributed by atoms with Crippen molar-refractivity contribution in [1.29, 1.82) is 0 Å². The third-order valence-corrected chi connectivity index (χ3v) is 2.09. The number of hydrogen-bond acceptors (Lipinski definition) is 1. The Morgan fingerprint density at radius 2 is 1.82 bits per heavy atom. The van der Waals surface area contributed by atoms with Crippen molar-refractivity contribution in [2.75, 3.05) is 6.61 Å². The highest BCUT2D eigenvalue weighted by Gasteiger charge is 2.55. The van der Waals surface area contributed by atoms with E-state index >= 15 is 0 Å². The minimum Gasteiger partial charge on any atom is -0.373 e. The van der Waals surface area contributed by atoms with Crippen LogP contribution in [0.1, 0.15) is 6.42 Å². The maximum atomic E-state index is 12.7. The molecule has 0 bridgehead atoms. The standard InChI is InChI=1S/C5H5Cl2F3O/c6-4(8,5(7,9)10)1-3-2-11-3/h3H,1-2H2/t3-,4-/m0/s1. The number of epoxide rings is 1. The van der Waals surface area contributed by atoms with Crippen LogP contribution in [0.2, 0.25) is 0 Å². The molecule has 1 aliphatic rings. The van der Waals surface area contributed by atoms with Crippen molar-refractivity contribution in [1.82, 2.24) is 0 Å². The first kappa shape index (κ1) is 9.42. The molecule has 0 aromatic heterocycles. The Bertz CT molecular complexity index is 152. The monoisotopic (exact) mass is 208 g/mol. The molecule has 1 aliphatic heterocycles. The van der Waals surface area contributed by atoms with Crippen LogP contribution in [0, 0.1) is 0 Å². The van der Waals surface area contributed by atoms with Crippen LogP contribution in [-0.4, -0.2) is 23.2 Å². The molecule has 2 atom stereocenters. The van der Waals surface area contributed by atoms with Crippen molar-refractivity contribution in [3.63, 3.8) is 0 Å². The van der Waals surface area contributed by atoms with Gasteiger partial charge in [0.05, 0.1) is 12.7 Å². The van der Waals surface area contributed by atoms with Gasteiger partial charge in [0.2, 0.25) is 0 Å². The van der Waals surface area contributed by atoms with Crippen LogP contribution in [0.4, 0.5) is 13.2 Å². The number of hydrogen-bond donors (Lipinski definition) is 0. The fourth-order valence-electron chi connectivity index (χ4n) is 0.588. The van der Waals surface area contributed by atoms with Gasteiger partial charge in [0.15, 0.2) is 0 Å². The maximum Gasteiger partial charge on any atom is 0.369 e. The lowest BCUT2D eigenvalue weighted by Gasteiger charge is -2.21. The lowest BCUT2D eigenvalue weighted by atomic mass is 10.2. The third kappa shape index (κ3) is 2.39. The molecular formula is C5H5Cl2F3O. The van der Waals surface area contributed by atoms with E-state index in [2.05, 4.69) is 16.3 Å². The normalized spacial score (nSPS) is 29.7. The Hall–Kier alpha value is 0.330. The van der Waals surface area contributed by atoms with Crippen molar-refractivity contribution in [2.24, 2.45) is 0 Å². The average molecular weight is 209 g/mol. The second-order valence-electron chi connectivity index (χ2n) is 2.36. The van der Waals surface area contributed by atoms with Gasteiger partial charge in [0.1, 0.15) is 0 Å². The summed E-state index contributed by atoms with van der Waals surface area (Å²) < 4.78 is 41.4. The van der Waals surface area contributed by atoms with Crippen LogP contribution >= 0.6 is 23.2 Å². The first-order valence-corrected chi connectivity index (χ1v) is 3.65. The first-order chi connectivity index (χ1) is 4.83. The van der Waals surface area contributed by atoms with E-state index in [1.165, 1.54) is 0 Å². The Kier molecular flexibility index (Phi) is 2.29. The fraction of sp³-hybridized carbons (Fsp3) is 1.00. The summed E-state index contributed by atoms with van der Waals surface area (Å²) in [4.78, 5) is 0. The molecule has 1 heterocycles. The smallest absolute Gasteiger partial charge is 0.369 e. The minimum absolute atomic E-state index is 0.269. The van der Waals surface area contributed by atoms with Gasteiger partial charge >= 0.3 is 5.38 Å². The summed E-state index contributed by atoms with van der Waals surface area (Å²) in [5.41, 5.74) is 0. The molecule has 0 N–H and O–H groups in total. The van der Waals surface area contributed by atoms with Crippen molar-refractivity contribution < 1.29 is 17.9 Å². The summed E-state index contributed by atoms with van der Waals surface area (Å²) in [6, 6.07) is 0. The highest BCUT2D eigenvalue weighted by molar-refractivity contribution is 6.32. The zero-order valence-electron chi connectivity index (χ0n) is 5.29. The molecule has 1 nitrogen and oxygen atoms in total. The van der Waals surface area contributed by atoms with Crippen LogP contribution in [0.25, 0.3) is 0 Å². The molecule has 0 aliphatic carbocycles. The summed E-state index contributed by atoms with van der Waals surface area (Å²) >= 11 is 9.22. The van der Waals surface area contributed by atoms with E-state index in [0.717, 1.165) is 0 Å². The number of halogens is 5. The molecule has 1 fully saturated rings. The first-order valence-electron chi connectivity index (χ1n) is 2.89. The van der Waals surface area contributed by atoms with Gasteiger partial charge in [-0.3, -0.25) is 0 Å². The highest BCUT2D eigenvalue weighted by atomic mass is 35.5. The molecule has 0 aromatic carbocycles. The van der Waals surface area contributed by atoms with Crippen molar-refractivity contribution in [3.8, 4) is 0 Å². The summed E-state index contributed by atoms with van der Waals surface area (Å²) in [5, 5.41) is -7.24. The van der Waals surface area contributed by atoms with Crippen molar-refractivity contribution in [3.05, 3.63) is 0 Å². The molecule has 0 spiro atoms. The van der Waals surface area contributed by atoms with Crippen molar-refractivity contribution >= 4 is 23.2 Å². The maximum absolute atomic E-state index is 12.7. The van der Waals surface area contributed by atoms with E-state index in [1.807, 2.05) is 0 Å². The molecule has 0 saturated carbocycles. The van der Waals surface area contributed by atoms with Gasteiger partial charge in [-0.05, 0) is 11.6 Å². The summed E-state index contributed by atoms with van der Waals surface area (Å²) in [6.45, 7) is 0.269. The average Bonchev–Trinajstić information content (AvgIpc) is 2.45. The van der Waals surface area contributed by atoms with Crippen LogP contribution < -0.4 is 0 Å². The van der Waals surface area contributed by atoms with Crippen LogP contribution in [0.15, 0.2) is 0 Å². The van der Waals surface area contributed by atoms with Gasteiger partial charge in [-0.15, -0.1) is 0 Å². The van der Waals surface area contributed by atoms with Gasteiger partial charge in [0.25, 0.3) is 5.13 Å². The second-order valence-corrected chi connectivity index (χ2v) is 3.44. The Morgan fingerprint density at radius 1 is 1.36 bits per heavy atom. The zero-order valence-corrected chi connectivity index (χ0v) is 6.80. The zero-order chi connectivity index (χ0) is 8.70. The lowest BCUT2D eigenvalue weighted by Crippen LogP contribution is -2.35. The third-order valence-electron chi connectivity index (χ3n) is 1.30. The van der Waals surface area contributed by atoms with Crippen LogP contribution in [0.3, 0.4) is 0 Å². The highest BCUT2D eigenvalue weighted by Crippen LogP contribution is 2.44. The summed E-state index contributed by atoms with van der Waals surface area (Å²) in [7, 11) is 0. The van der Waals surface area contributed by atoms with E-state index in [0.29, 0.717) is 0 Å². The van der Waals surface area contributed by atoms with E-state index in [1.54, 1.807) is 0 Å². The van der Waals surface area contributed by atoms with Gasteiger partial charge in [-0.1, -0.05) is 11.6 Å². The molecule has 1 rings (SSSR count). The Balaban J connectivity index is 2.49. The van der Waals surface area contributed by atoms with Crippen molar-refractivity contribution in [2.45, 2.75) is 23.0 Å². The number of alkyl halides is 5. The van der Waals surface area contributed by atoms with Gasteiger partial charge in [-0.2, -0.15) is 8.78 Å². The predicted molar refractivity (Wildman–Crippen MR) is 34.8 cm³/mol. The number of ether oxygens (including phenoxy) is 1. The largest absolute Gasteiger partial charge is 0.373 e. The lowest BCUT2D eigenvalue weighted by molar-refractivity contribution is -0.0271. The topological polar surface area (TPSA) is 12.5 Å². The molecule has 0 radical (unpaired) electrons. The number of rotatable bonds is 3. The van der Waals surface area contributed by atoms with Gasteiger partial charge in [0, 0.05) is 6.42 Å². The Morgan fingerprint density at radius 3 is 2.09 bits per heavy atom. The van der Waals surface area contributed by atoms with E-state index in [4.69, 9.17) is 11.6 Å².